The van der Waals surface area contributed by atoms with E-state index in [-0.39, 0.29) is 0 Å². The summed E-state index contributed by atoms with van der Waals surface area (Å²) in [5.74, 6) is 0.881. The summed E-state index contributed by atoms with van der Waals surface area (Å²) >= 11 is 11.7. The summed E-state index contributed by atoms with van der Waals surface area (Å²) in [7, 11) is 1.66. The summed E-state index contributed by atoms with van der Waals surface area (Å²) < 4.78 is 5.18. The van der Waals surface area contributed by atoms with Crippen LogP contribution in [-0.4, -0.2) is 7.11 Å². The van der Waals surface area contributed by atoms with E-state index in [2.05, 4.69) is 0 Å². The number of ether oxygens (including phenoxy) is 1. The summed E-state index contributed by atoms with van der Waals surface area (Å²) in [4.78, 5) is 0. The third-order valence-corrected chi connectivity index (χ3v) is 4.05. The van der Waals surface area contributed by atoms with Gasteiger partial charge in [0.25, 0.3) is 0 Å². The SMILES string of the molecule is COc1ccc(P(Cl)Cl)c(C)c1C. The van der Waals surface area contributed by atoms with Crippen molar-refractivity contribution in [2.24, 2.45) is 0 Å². The highest BCUT2D eigenvalue weighted by Gasteiger charge is 2.11. The van der Waals surface area contributed by atoms with Gasteiger partial charge >= 0.3 is 0 Å². The topological polar surface area (TPSA) is 9.23 Å². The molecular weight excluding hydrogens is 226 g/mol. The van der Waals surface area contributed by atoms with E-state index in [1.54, 1.807) is 7.11 Å². The van der Waals surface area contributed by atoms with E-state index in [1.165, 1.54) is 0 Å². The first-order chi connectivity index (χ1) is 6.07. The van der Waals surface area contributed by atoms with Gasteiger partial charge in [-0.05, 0) is 37.1 Å². The van der Waals surface area contributed by atoms with E-state index in [0.717, 1.165) is 22.2 Å². The van der Waals surface area contributed by atoms with Crippen LogP contribution in [0.15, 0.2) is 12.1 Å². The Morgan fingerprint density at radius 1 is 1.15 bits per heavy atom. The monoisotopic (exact) mass is 236 g/mol. The van der Waals surface area contributed by atoms with Crippen LogP contribution >= 0.6 is 29.1 Å². The first-order valence-electron chi connectivity index (χ1n) is 3.83. The smallest absolute Gasteiger partial charge is 0.122 e. The van der Waals surface area contributed by atoms with Crippen molar-refractivity contribution >= 4 is 34.4 Å². The van der Waals surface area contributed by atoms with Gasteiger partial charge in [-0.3, -0.25) is 0 Å². The molecule has 0 saturated carbocycles. The molecule has 0 atom stereocenters. The number of methoxy groups -OCH3 is 1. The summed E-state index contributed by atoms with van der Waals surface area (Å²) in [6.45, 7) is 2.95. The highest BCUT2D eigenvalue weighted by molar-refractivity contribution is 8.08. The Morgan fingerprint density at radius 2 is 1.77 bits per heavy atom. The standard InChI is InChI=1S/C9H11Cl2OP/c1-6-7(2)9(13(10)11)5-4-8(6)12-3/h4-5H,1-3H3. The van der Waals surface area contributed by atoms with Gasteiger partial charge in [0.05, 0.1) is 7.11 Å². The van der Waals surface area contributed by atoms with Crippen molar-refractivity contribution in [1.29, 1.82) is 0 Å². The zero-order chi connectivity index (χ0) is 10.0. The Kier molecular flexibility index (Phi) is 3.85. The number of rotatable bonds is 2. The van der Waals surface area contributed by atoms with Gasteiger partial charge in [-0.2, -0.15) is 0 Å². The maximum atomic E-state index is 5.87. The first-order valence-corrected chi connectivity index (χ1v) is 6.99. The number of hydrogen-bond acceptors (Lipinski definition) is 1. The highest BCUT2D eigenvalue weighted by Crippen LogP contribution is 2.47. The van der Waals surface area contributed by atoms with Crippen molar-refractivity contribution < 1.29 is 4.74 Å². The predicted octanol–water partition coefficient (Wildman–Crippen LogP) is 3.73. The molecule has 1 aromatic rings. The molecule has 0 fully saturated rings. The van der Waals surface area contributed by atoms with Crippen molar-refractivity contribution in [2.45, 2.75) is 13.8 Å². The highest BCUT2D eigenvalue weighted by atomic mass is 35.9. The van der Waals surface area contributed by atoms with Crippen molar-refractivity contribution in [1.82, 2.24) is 0 Å². The summed E-state index contributed by atoms with van der Waals surface area (Å²) in [5, 5.41) is 1.01. The zero-order valence-corrected chi connectivity index (χ0v) is 10.2. The number of hydrogen-bond donors (Lipinski definition) is 0. The Morgan fingerprint density at radius 3 is 2.23 bits per heavy atom. The molecule has 0 bridgehead atoms. The summed E-state index contributed by atoms with van der Waals surface area (Å²) in [5.41, 5.74) is 2.23. The fourth-order valence-corrected chi connectivity index (χ4v) is 2.89. The van der Waals surface area contributed by atoms with Crippen molar-refractivity contribution in [3.8, 4) is 5.75 Å². The van der Waals surface area contributed by atoms with Crippen LogP contribution in [0.2, 0.25) is 0 Å². The molecule has 0 aliphatic carbocycles. The van der Waals surface area contributed by atoms with Crippen LogP contribution in [0, 0.1) is 13.8 Å². The van der Waals surface area contributed by atoms with Gasteiger partial charge in [0.15, 0.2) is 0 Å². The molecule has 0 spiro atoms. The molecule has 0 aromatic heterocycles. The number of halogens is 2. The third kappa shape index (κ3) is 2.28. The quantitative estimate of drug-likeness (QED) is 0.712. The van der Waals surface area contributed by atoms with E-state index < -0.39 is 6.63 Å². The Labute approximate surface area is 89.3 Å². The molecule has 0 saturated heterocycles. The average molecular weight is 237 g/mol. The Hall–Kier alpha value is 0.0300. The first kappa shape index (κ1) is 11.1. The van der Waals surface area contributed by atoms with Crippen LogP contribution in [-0.2, 0) is 0 Å². The van der Waals surface area contributed by atoms with Gasteiger partial charge in [-0.25, -0.2) is 0 Å². The van der Waals surface area contributed by atoms with Crippen LogP contribution in [0.1, 0.15) is 11.1 Å². The lowest BCUT2D eigenvalue weighted by Crippen LogP contribution is -2.04. The molecule has 13 heavy (non-hydrogen) atoms. The van der Waals surface area contributed by atoms with Gasteiger partial charge in [-0.15, -0.1) is 0 Å². The molecule has 4 heteroatoms. The van der Waals surface area contributed by atoms with Crippen molar-refractivity contribution in [2.75, 3.05) is 7.11 Å². The van der Waals surface area contributed by atoms with E-state index in [9.17, 15) is 0 Å². The molecule has 72 valence electrons. The van der Waals surface area contributed by atoms with Crippen LogP contribution < -0.4 is 10.0 Å². The summed E-state index contributed by atoms with van der Waals surface area (Å²) in [6, 6.07) is 3.82. The molecule has 0 heterocycles. The molecule has 0 aliphatic rings. The van der Waals surface area contributed by atoms with Crippen LogP contribution in [0.3, 0.4) is 0 Å². The molecule has 1 nitrogen and oxygen atoms in total. The lowest BCUT2D eigenvalue weighted by Gasteiger charge is -2.12. The second kappa shape index (κ2) is 4.50. The van der Waals surface area contributed by atoms with E-state index >= 15 is 0 Å². The molecular formula is C9H11Cl2OP. The molecule has 0 unspecified atom stereocenters. The third-order valence-electron chi connectivity index (χ3n) is 2.11. The molecule has 1 rings (SSSR count). The van der Waals surface area contributed by atoms with Crippen LogP contribution in [0.4, 0.5) is 0 Å². The van der Waals surface area contributed by atoms with E-state index in [4.69, 9.17) is 27.2 Å². The fourth-order valence-electron chi connectivity index (χ4n) is 1.19. The largest absolute Gasteiger partial charge is 0.496 e. The molecule has 0 aliphatic heterocycles. The van der Waals surface area contributed by atoms with Gasteiger partial charge < -0.3 is 4.74 Å². The molecule has 0 radical (unpaired) electrons. The Bertz CT molecular complexity index is 313. The minimum Gasteiger partial charge on any atom is -0.496 e. The van der Waals surface area contributed by atoms with E-state index in [0.29, 0.717) is 0 Å². The van der Waals surface area contributed by atoms with Gasteiger partial charge in [-0.1, -0.05) is 22.5 Å². The van der Waals surface area contributed by atoms with Crippen LogP contribution in [0.25, 0.3) is 0 Å². The lowest BCUT2D eigenvalue weighted by atomic mass is 10.1. The zero-order valence-electron chi connectivity index (χ0n) is 7.77. The minimum absolute atomic E-state index is 0.881. The lowest BCUT2D eigenvalue weighted by molar-refractivity contribution is 0.411. The van der Waals surface area contributed by atoms with Crippen LogP contribution in [0.5, 0.6) is 5.75 Å². The number of benzene rings is 1. The van der Waals surface area contributed by atoms with Gasteiger partial charge in [0.1, 0.15) is 12.4 Å². The van der Waals surface area contributed by atoms with E-state index in [1.807, 2.05) is 26.0 Å². The van der Waals surface area contributed by atoms with Crippen molar-refractivity contribution in [3.63, 3.8) is 0 Å². The normalized spacial score (nSPS) is 10.6. The second-order valence-electron chi connectivity index (χ2n) is 2.77. The molecule has 0 N–H and O–H groups in total. The predicted molar refractivity (Wildman–Crippen MR) is 60.7 cm³/mol. The average Bonchev–Trinajstić information content (AvgIpc) is 2.09. The van der Waals surface area contributed by atoms with Crippen molar-refractivity contribution in [3.05, 3.63) is 23.3 Å². The Balaban J connectivity index is 3.23. The van der Waals surface area contributed by atoms with Gasteiger partial charge in [0.2, 0.25) is 0 Å². The molecule has 0 amide bonds. The fraction of sp³-hybridized carbons (Fsp3) is 0.333. The minimum atomic E-state index is -1.06. The molecule has 1 aromatic carbocycles. The maximum absolute atomic E-state index is 5.87. The summed E-state index contributed by atoms with van der Waals surface area (Å²) in [6.07, 6.45) is 0. The maximum Gasteiger partial charge on any atom is 0.122 e. The van der Waals surface area contributed by atoms with Gasteiger partial charge in [0, 0.05) is 5.30 Å². The second-order valence-corrected chi connectivity index (χ2v) is 6.26.